The average molecular weight is 458 g/mol. The third-order valence-corrected chi connectivity index (χ3v) is 5.66. The Morgan fingerprint density at radius 3 is 2.38 bits per heavy atom. The molecular formula is C25H22N4O5. The summed E-state index contributed by atoms with van der Waals surface area (Å²) < 4.78 is 0. The van der Waals surface area contributed by atoms with Gasteiger partial charge in [-0.1, -0.05) is 24.3 Å². The Balaban J connectivity index is 1.38. The van der Waals surface area contributed by atoms with E-state index in [1.165, 1.54) is 12.1 Å². The Morgan fingerprint density at radius 1 is 1.00 bits per heavy atom. The van der Waals surface area contributed by atoms with Crippen LogP contribution in [0, 0.1) is 23.0 Å². The summed E-state index contributed by atoms with van der Waals surface area (Å²) in [6.45, 7) is 2.04. The van der Waals surface area contributed by atoms with Gasteiger partial charge in [-0.05, 0) is 48.9 Å². The summed E-state index contributed by atoms with van der Waals surface area (Å²) in [4.78, 5) is 49.7. The summed E-state index contributed by atoms with van der Waals surface area (Å²) >= 11 is 0. The number of hydrogen-bond donors (Lipinski definition) is 2. The summed E-state index contributed by atoms with van der Waals surface area (Å²) in [7, 11) is 0. The Hall–Kier alpha value is -4.53. The van der Waals surface area contributed by atoms with Gasteiger partial charge in [0.05, 0.1) is 16.5 Å². The van der Waals surface area contributed by atoms with Crippen LogP contribution >= 0.6 is 0 Å². The number of nitro groups is 1. The van der Waals surface area contributed by atoms with E-state index in [1.807, 2.05) is 30.3 Å². The molecule has 172 valence electrons. The molecule has 1 heterocycles. The molecule has 1 unspecified atom stereocenters. The molecule has 34 heavy (non-hydrogen) atoms. The molecule has 0 saturated carbocycles. The molecule has 0 aromatic heterocycles. The van der Waals surface area contributed by atoms with Gasteiger partial charge in [-0.15, -0.1) is 0 Å². The molecule has 4 rings (SSSR count). The highest BCUT2D eigenvalue weighted by Gasteiger charge is 2.35. The molecule has 1 aliphatic rings. The number of aryl methyl sites for hydroxylation is 1. The number of nitrogens with zero attached hydrogens (tertiary/aromatic N) is 2. The number of nitrogens with one attached hydrogen (secondary N) is 2. The average Bonchev–Trinajstić information content (AvgIpc) is 3.23. The van der Waals surface area contributed by atoms with Gasteiger partial charge in [0, 0.05) is 42.0 Å². The second-order valence-corrected chi connectivity index (χ2v) is 8.02. The van der Waals surface area contributed by atoms with E-state index in [2.05, 4.69) is 10.6 Å². The highest BCUT2D eigenvalue weighted by Crippen LogP contribution is 2.26. The van der Waals surface area contributed by atoms with Gasteiger partial charge in [0.25, 0.3) is 11.6 Å². The lowest BCUT2D eigenvalue weighted by molar-refractivity contribution is -0.384. The summed E-state index contributed by atoms with van der Waals surface area (Å²) in [5.74, 6) is -1.28. The molecule has 0 spiro atoms. The van der Waals surface area contributed by atoms with Crippen molar-refractivity contribution in [1.82, 2.24) is 0 Å². The molecule has 0 aliphatic carbocycles. The fourth-order valence-corrected chi connectivity index (χ4v) is 3.74. The number of hydrogen-bond acceptors (Lipinski definition) is 5. The number of para-hydroxylation sites is 1. The number of nitro benzene ring substituents is 1. The normalized spacial score (nSPS) is 15.1. The van der Waals surface area contributed by atoms with E-state index in [9.17, 15) is 24.5 Å². The molecule has 1 aliphatic heterocycles. The highest BCUT2D eigenvalue weighted by molar-refractivity contribution is 6.06. The summed E-state index contributed by atoms with van der Waals surface area (Å²) in [5.41, 5.74) is 2.52. The number of carbonyl (C=O) groups excluding carboxylic acids is 3. The van der Waals surface area contributed by atoms with Crippen molar-refractivity contribution in [3.05, 3.63) is 94.0 Å². The molecular weight excluding hydrogens is 436 g/mol. The van der Waals surface area contributed by atoms with Gasteiger partial charge in [0.2, 0.25) is 11.8 Å². The zero-order valence-corrected chi connectivity index (χ0v) is 18.4. The van der Waals surface area contributed by atoms with Crippen LogP contribution in [0.4, 0.5) is 22.7 Å². The van der Waals surface area contributed by atoms with Crippen LogP contribution in [0.2, 0.25) is 0 Å². The molecule has 1 saturated heterocycles. The van der Waals surface area contributed by atoms with Gasteiger partial charge >= 0.3 is 0 Å². The maximum Gasteiger partial charge on any atom is 0.271 e. The predicted molar refractivity (Wildman–Crippen MR) is 128 cm³/mol. The molecule has 3 aromatic carbocycles. The van der Waals surface area contributed by atoms with E-state index in [0.29, 0.717) is 29.0 Å². The van der Waals surface area contributed by atoms with Gasteiger partial charge < -0.3 is 15.5 Å². The topological polar surface area (TPSA) is 122 Å². The van der Waals surface area contributed by atoms with Crippen molar-refractivity contribution in [2.24, 2.45) is 5.92 Å². The van der Waals surface area contributed by atoms with Crippen molar-refractivity contribution >= 4 is 40.5 Å². The van der Waals surface area contributed by atoms with Crippen LogP contribution in [-0.2, 0) is 9.59 Å². The number of rotatable bonds is 6. The van der Waals surface area contributed by atoms with E-state index in [4.69, 9.17) is 0 Å². The van der Waals surface area contributed by atoms with E-state index < -0.39 is 16.7 Å². The van der Waals surface area contributed by atoms with Crippen molar-refractivity contribution in [1.29, 1.82) is 0 Å². The lowest BCUT2D eigenvalue weighted by atomic mass is 10.1. The monoisotopic (exact) mass is 458 g/mol. The van der Waals surface area contributed by atoms with Gasteiger partial charge in [-0.25, -0.2) is 0 Å². The summed E-state index contributed by atoms with van der Waals surface area (Å²) in [6.07, 6.45) is 0.129. The number of carbonyl (C=O) groups is 3. The molecule has 0 radical (unpaired) electrons. The summed E-state index contributed by atoms with van der Waals surface area (Å²) in [5, 5.41) is 16.5. The third-order valence-electron chi connectivity index (χ3n) is 5.66. The van der Waals surface area contributed by atoms with Crippen LogP contribution in [-0.4, -0.2) is 29.2 Å². The van der Waals surface area contributed by atoms with Crippen molar-refractivity contribution in [3.8, 4) is 0 Å². The van der Waals surface area contributed by atoms with E-state index >= 15 is 0 Å². The zero-order valence-electron chi connectivity index (χ0n) is 18.4. The molecule has 9 nitrogen and oxygen atoms in total. The fraction of sp³-hybridized carbons (Fsp3) is 0.160. The van der Waals surface area contributed by atoms with E-state index in [1.54, 1.807) is 42.2 Å². The molecule has 0 bridgehead atoms. The zero-order chi connectivity index (χ0) is 24.2. The smallest absolute Gasteiger partial charge is 0.271 e. The number of non-ortho nitro benzene ring substituents is 1. The first kappa shape index (κ1) is 22.7. The Kier molecular flexibility index (Phi) is 6.35. The van der Waals surface area contributed by atoms with Crippen molar-refractivity contribution in [2.75, 3.05) is 22.1 Å². The predicted octanol–water partition coefficient (Wildman–Crippen LogP) is 4.15. The first-order valence-corrected chi connectivity index (χ1v) is 10.6. The molecule has 1 fully saturated rings. The number of benzene rings is 3. The van der Waals surface area contributed by atoms with E-state index in [-0.39, 0.29) is 23.9 Å². The van der Waals surface area contributed by atoms with Crippen LogP contribution in [0.3, 0.4) is 0 Å². The second kappa shape index (κ2) is 9.53. The van der Waals surface area contributed by atoms with Gasteiger partial charge in [0.15, 0.2) is 0 Å². The minimum atomic E-state index is -0.524. The second-order valence-electron chi connectivity index (χ2n) is 8.02. The molecule has 3 amide bonds. The van der Waals surface area contributed by atoms with Crippen LogP contribution in [0.1, 0.15) is 22.3 Å². The Bertz CT molecular complexity index is 1260. The molecule has 9 heteroatoms. The minimum absolute atomic E-state index is 0.102. The molecule has 2 N–H and O–H groups in total. The Labute approximate surface area is 195 Å². The Morgan fingerprint density at radius 2 is 1.71 bits per heavy atom. The standard InChI is InChI=1S/C25H22N4O5/c1-16-7-12-21(29(33)34)14-22(16)27-24(31)17-8-10-19(11-9-17)26-25(32)18-13-23(30)28(15-18)20-5-3-2-4-6-20/h2-12,14,18H,13,15H2,1H3,(H,26,32)(H,27,31). The van der Waals surface area contributed by atoms with Crippen LogP contribution in [0.25, 0.3) is 0 Å². The number of amides is 3. The molecule has 3 aromatic rings. The van der Waals surface area contributed by atoms with Crippen LogP contribution in [0.15, 0.2) is 72.8 Å². The van der Waals surface area contributed by atoms with E-state index in [0.717, 1.165) is 5.69 Å². The number of anilines is 3. The van der Waals surface area contributed by atoms with Crippen molar-refractivity contribution in [2.45, 2.75) is 13.3 Å². The fourth-order valence-electron chi connectivity index (χ4n) is 3.74. The summed E-state index contributed by atoms with van der Waals surface area (Å²) in [6, 6.07) is 19.8. The first-order valence-electron chi connectivity index (χ1n) is 10.6. The molecule has 1 atom stereocenters. The quantitative estimate of drug-likeness (QED) is 0.425. The maximum absolute atomic E-state index is 12.7. The largest absolute Gasteiger partial charge is 0.326 e. The van der Waals surface area contributed by atoms with Crippen LogP contribution in [0.5, 0.6) is 0 Å². The maximum atomic E-state index is 12.7. The van der Waals surface area contributed by atoms with Gasteiger partial charge in [0.1, 0.15) is 0 Å². The van der Waals surface area contributed by atoms with Crippen molar-refractivity contribution in [3.63, 3.8) is 0 Å². The lowest BCUT2D eigenvalue weighted by Gasteiger charge is -2.16. The first-order chi connectivity index (χ1) is 16.3. The van der Waals surface area contributed by atoms with Crippen molar-refractivity contribution < 1.29 is 19.3 Å². The van der Waals surface area contributed by atoms with Gasteiger partial charge in [-0.2, -0.15) is 0 Å². The minimum Gasteiger partial charge on any atom is -0.326 e. The van der Waals surface area contributed by atoms with Crippen LogP contribution < -0.4 is 15.5 Å². The van der Waals surface area contributed by atoms with Gasteiger partial charge in [-0.3, -0.25) is 24.5 Å². The highest BCUT2D eigenvalue weighted by atomic mass is 16.6. The lowest BCUT2D eigenvalue weighted by Crippen LogP contribution is -2.28. The SMILES string of the molecule is Cc1ccc([N+](=O)[O-])cc1NC(=O)c1ccc(NC(=O)C2CC(=O)N(c3ccccc3)C2)cc1. The third kappa shape index (κ3) is 4.93.